The van der Waals surface area contributed by atoms with Crippen molar-refractivity contribution in [2.45, 2.75) is 38.7 Å². The molecule has 0 aromatic heterocycles. The third-order valence-corrected chi connectivity index (χ3v) is 1.56. The SMILES string of the molecule is C=CCCCC[C@@H](C)OC=O. The average molecular weight is 156 g/mol. The molecule has 0 aliphatic rings. The minimum Gasteiger partial charge on any atom is -0.465 e. The standard InChI is InChI=1S/C9H16O2/c1-3-4-5-6-7-9(2)11-8-10/h3,8-9H,1,4-7H2,2H3/t9-/m1/s1. The van der Waals surface area contributed by atoms with Crippen molar-refractivity contribution in [3.05, 3.63) is 12.7 Å². The largest absolute Gasteiger partial charge is 0.465 e. The lowest BCUT2D eigenvalue weighted by molar-refractivity contribution is -0.133. The van der Waals surface area contributed by atoms with Gasteiger partial charge in [0.05, 0.1) is 6.10 Å². The van der Waals surface area contributed by atoms with E-state index in [1.54, 1.807) is 0 Å². The molecule has 0 aliphatic heterocycles. The Morgan fingerprint density at radius 1 is 1.55 bits per heavy atom. The highest BCUT2D eigenvalue weighted by Crippen LogP contribution is 2.05. The number of ether oxygens (including phenoxy) is 1. The van der Waals surface area contributed by atoms with Gasteiger partial charge in [-0.05, 0) is 32.6 Å². The van der Waals surface area contributed by atoms with Crippen LogP contribution in [-0.4, -0.2) is 12.6 Å². The van der Waals surface area contributed by atoms with Crippen LogP contribution in [0, 0.1) is 0 Å². The zero-order chi connectivity index (χ0) is 8.53. The predicted octanol–water partition coefficient (Wildman–Crippen LogP) is 2.29. The highest BCUT2D eigenvalue weighted by Gasteiger charge is 1.99. The molecule has 0 aliphatic carbocycles. The molecule has 0 saturated carbocycles. The van der Waals surface area contributed by atoms with Crippen molar-refractivity contribution in [2.24, 2.45) is 0 Å². The van der Waals surface area contributed by atoms with E-state index in [0.29, 0.717) is 6.47 Å². The molecule has 0 rings (SSSR count). The van der Waals surface area contributed by atoms with Gasteiger partial charge in [0.25, 0.3) is 6.47 Å². The van der Waals surface area contributed by atoms with Crippen molar-refractivity contribution in [3.8, 4) is 0 Å². The van der Waals surface area contributed by atoms with Gasteiger partial charge in [0.1, 0.15) is 0 Å². The number of rotatable bonds is 7. The molecule has 2 nitrogen and oxygen atoms in total. The molecular formula is C9H16O2. The van der Waals surface area contributed by atoms with E-state index in [0.717, 1.165) is 25.7 Å². The van der Waals surface area contributed by atoms with Gasteiger partial charge in [-0.25, -0.2) is 0 Å². The van der Waals surface area contributed by atoms with Crippen molar-refractivity contribution in [2.75, 3.05) is 0 Å². The summed E-state index contributed by atoms with van der Waals surface area (Å²) in [5.74, 6) is 0. The summed E-state index contributed by atoms with van der Waals surface area (Å²) >= 11 is 0. The maximum absolute atomic E-state index is 9.87. The fraction of sp³-hybridized carbons (Fsp3) is 0.667. The summed E-state index contributed by atoms with van der Waals surface area (Å²) in [6.07, 6.45) is 6.21. The maximum atomic E-state index is 9.87. The second-order valence-corrected chi connectivity index (χ2v) is 2.62. The van der Waals surface area contributed by atoms with Gasteiger partial charge < -0.3 is 4.74 Å². The van der Waals surface area contributed by atoms with Crippen LogP contribution in [0.1, 0.15) is 32.6 Å². The van der Waals surface area contributed by atoms with Crippen LogP contribution in [0.15, 0.2) is 12.7 Å². The van der Waals surface area contributed by atoms with E-state index in [9.17, 15) is 4.79 Å². The number of carbonyl (C=O) groups excluding carboxylic acids is 1. The molecule has 0 saturated heterocycles. The first-order valence-corrected chi connectivity index (χ1v) is 4.01. The van der Waals surface area contributed by atoms with Crippen LogP contribution in [0.25, 0.3) is 0 Å². The summed E-state index contributed by atoms with van der Waals surface area (Å²) in [6.45, 7) is 6.04. The molecule has 0 fully saturated rings. The summed E-state index contributed by atoms with van der Waals surface area (Å²) in [5, 5.41) is 0. The molecule has 2 heteroatoms. The van der Waals surface area contributed by atoms with Crippen LogP contribution in [0.5, 0.6) is 0 Å². The molecule has 0 unspecified atom stereocenters. The molecule has 0 aromatic carbocycles. The van der Waals surface area contributed by atoms with E-state index in [2.05, 4.69) is 6.58 Å². The monoisotopic (exact) mass is 156 g/mol. The molecular weight excluding hydrogens is 140 g/mol. The van der Waals surface area contributed by atoms with E-state index in [1.807, 2.05) is 13.0 Å². The highest BCUT2D eigenvalue weighted by molar-refractivity contribution is 5.37. The lowest BCUT2D eigenvalue weighted by Gasteiger charge is -2.07. The van der Waals surface area contributed by atoms with Gasteiger partial charge in [-0.1, -0.05) is 6.08 Å². The van der Waals surface area contributed by atoms with E-state index < -0.39 is 0 Å². The van der Waals surface area contributed by atoms with Crippen LogP contribution in [-0.2, 0) is 9.53 Å². The van der Waals surface area contributed by atoms with Gasteiger partial charge in [-0.2, -0.15) is 0 Å². The number of carbonyl (C=O) groups is 1. The zero-order valence-corrected chi connectivity index (χ0v) is 7.08. The topological polar surface area (TPSA) is 26.3 Å². The fourth-order valence-electron chi connectivity index (χ4n) is 0.883. The third kappa shape index (κ3) is 7.10. The summed E-state index contributed by atoms with van der Waals surface area (Å²) in [4.78, 5) is 9.87. The first-order valence-electron chi connectivity index (χ1n) is 4.01. The summed E-state index contributed by atoms with van der Waals surface area (Å²) in [5.41, 5.74) is 0. The van der Waals surface area contributed by atoms with Crippen molar-refractivity contribution in [1.29, 1.82) is 0 Å². The predicted molar refractivity (Wildman–Crippen MR) is 45.3 cm³/mol. The Morgan fingerprint density at radius 2 is 2.27 bits per heavy atom. The van der Waals surface area contributed by atoms with E-state index in [1.165, 1.54) is 0 Å². The Morgan fingerprint density at radius 3 is 2.82 bits per heavy atom. The van der Waals surface area contributed by atoms with Crippen LogP contribution in [0.2, 0.25) is 0 Å². The molecule has 0 aromatic rings. The molecule has 0 bridgehead atoms. The van der Waals surface area contributed by atoms with Gasteiger partial charge in [0, 0.05) is 0 Å². The molecule has 0 amide bonds. The van der Waals surface area contributed by atoms with E-state index >= 15 is 0 Å². The average Bonchev–Trinajstić information content (AvgIpc) is 1.99. The lowest BCUT2D eigenvalue weighted by atomic mass is 10.1. The van der Waals surface area contributed by atoms with Gasteiger partial charge in [0.2, 0.25) is 0 Å². The highest BCUT2D eigenvalue weighted by atomic mass is 16.5. The summed E-state index contributed by atoms with van der Waals surface area (Å²) in [6, 6.07) is 0. The molecule has 64 valence electrons. The Bertz CT molecular complexity index is 110. The molecule has 0 heterocycles. The zero-order valence-electron chi connectivity index (χ0n) is 7.08. The number of hydrogen-bond donors (Lipinski definition) is 0. The van der Waals surface area contributed by atoms with Gasteiger partial charge >= 0.3 is 0 Å². The molecule has 0 N–H and O–H groups in total. The molecule has 1 atom stereocenters. The van der Waals surface area contributed by atoms with Crippen molar-refractivity contribution >= 4 is 6.47 Å². The second-order valence-electron chi connectivity index (χ2n) is 2.62. The van der Waals surface area contributed by atoms with E-state index in [4.69, 9.17) is 4.74 Å². The van der Waals surface area contributed by atoms with Gasteiger partial charge in [0.15, 0.2) is 0 Å². The number of unbranched alkanes of at least 4 members (excludes halogenated alkanes) is 2. The Hall–Kier alpha value is -0.790. The molecule has 0 radical (unpaired) electrons. The minimum absolute atomic E-state index is 0.0670. The number of allylic oxidation sites excluding steroid dienone is 1. The maximum Gasteiger partial charge on any atom is 0.293 e. The fourth-order valence-corrected chi connectivity index (χ4v) is 0.883. The molecule has 0 spiro atoms. The van der Waals surface area contributed by atoms with E-state index in [-0.39, 0.29) is 6.10 Å². The van der Waals surface area contributed by atoms with Crippen molar-refractivity contribution in [1.82, 2.24) is 0 Å². The lowest BCUT2D eigenvalue weighted by Crippen LogP contribution is -2.05. The quantitative estimate of drug-likeness (QED) is 0.321. The first-order chi connectivity index (χ1) is 5.31. The Kier molecular flexibility index (Phi) is 6.79. The van der Waals surface area contributed by atoms with Gasteiger partial charge in [-0.15, -0.1) is 6.58 Å². The minimum atomic E-state index is 0.0670. The smallest absolute Gasteiger partial charge is 0.293 e. The second kappa shape index (κ2) is 7.32. The third-order valence-electron chi connectivity index (χ3n) is 1.56. The van der Waals surface area contributed by atoms with Crippen molar-refractivity contribution in [3.63, 3.8) is 0 Å². The summed E-state index contributed by atoms with van der Waals surface area (Å²) in [7, 11) is 0. The first kappa shape index (κ1) is 10.2. The number of hydrogen-bond acceptors (Lipinski definition) is 2. The summed E-state index contributed by atoms with van der Waals surface area (Å²) < 4.78 is 4.72. The Labute approximate surface area is 68.2 Å². The normalized spacial score (nSPS) is 12.1. The van der Waals surface area contributed by atoms with Crippen LogP contribution in [0.4, 0.5) is 0 Å². The van der Waals surface area contributed by atoms with Crippen LogP contribution < -0.4 is 0 Å². The van der Waals surface area contributed by atoms with Crippen molar-refractivity contribution < 1.29 is 9.53 Å². The molecule has 11 heavy (non-hydrogen) atoms. The van der Waals surface area contributed by atoms with Crippen LogP contribution >= 0.6 is 0 Å². The van der Waals surface area contributed by atoms with Crippen LogP contribution in [0.3, 0.4) is 0 Å². The Balaban J connectivity index is 3.09. The van der Waals surface area contributed by atoms with Gasteiger partial charge in [-0.3, -0.25) is 4.79 Å².